The molecule has 1 amide bonds. The molecule has 29 heavy (non-hydrogen) atoms. The zero-order valence-electron chi connectivity index (χ0n) is 16.2. The summed E-state index contributed by atoms with van der Waals surface area (Å²) in [7, 11) is -3.45. The van der Waals surface area contributed by atoms with Gasteiger partial charge in [0.2, 0.25) is 15.9 Å². The Morgan fingerprint density at radius 3 is 2.45 bits per heavy atom. The molecule has 158 valence electrons. The third-order valence-corrected chi connectivity index (χ3v) is 6.18. The Bertz CT molecular complexity index is 949. The van der Waals surface area contributed by atoms with Gasteiger partial charge in [-0.05, 0) is 37.1 Å². The summed E-state index contributed by atoms with van der Waals surface area (Å²) in [6.07, 6.45) is 0.123. The third-order valence-electron chi connectivity index (χ3n) is 3.86. The van der Waals surface area contributed by atoms with Crippen molar-refractivity contribution in [1.29, 1.82) is 0 Å². The Balaban J connectivity index is 1.88. The number of carbonyl (C=O) groups excluding carboxylic acids is 1. The average molecular weight is 459 g/mol. The fourth-order valence-electron chi connectivity index (χ4n) is 2.61. The van der Waals surface area contributed by atoms with Crippen molar-refractivity contribution in [2.45, 2.75) is 38.6 Å². The van der Waals surface area contributed by atoms with Crippen LogP contribution in [0.5, 0.6) is 5.75 Å². The molecule has 0 saturated heterocycles. The predicted molar refractivity (Wildman–Crippen MR) is 116 cm³/mol. The fraction of sp³-hybridized carbons (Fsp3) is 0.350. The van der Waals surface area contributed by atoms with Gasteiger partial charge in [-0.3, -0.25) is 4.79 Å². The molecule has 0 aromatic heterocycles. The van der Waals surface area contributed by atoms with E-state index in [1.165, 1.54) is 0 Å². The van der Waals surface area contributed by atoms with Crippen LogP contribution in [-0.2, 0) is 27.1 Å². The van der Waals surface area contributed by atoms with Gasteiger partial charge in [-0.2, -0.15) is 0 Å². The number of rotatable bonds is 10. The first-order chi connectivity index (χ1) is 13.7. The highest BCUT2D eigenvalue weighted by atomic mass is 35.5. The van der Waals surface area contributed by atoms with Crippen LogP contribution >= 0.6 is 23.2 Å². The van der Waals surface area contributed by atoms with E-state index >= 15 is 0 Å². The van der Waals surface area contributed by atoms with Crippen molar-refractivity contribution in [2.75, 3.05) is 6.61 Å². The number of ether oxygens (including phenoxy) is 1. The van der Waals surface area contributed by atoms with Gasteiger partial charge in [-0.1, -0.05) is 53.5 Å². The molecule has 2 N–H and O–H groups in total. The van der Waals surface area contributed by atoms with Crippen LogP contribution < -0.4 is 14.8 Å². The molecule has 0 bridgehead atoms. The molecule has 0 radical (unpaired) electrons. The van der Waals surface area contributed by atoms with Crippen LogP contribution in [0.4, 0.5) is 0 Å². The van der Waals surface area contributed by atoms with E-state index in [1.807, 2.05) is 0 Å². The molecule has 2 aromatic rings. The van der Waals surface area contributed by atoms with E-state index in [0.29, 0.717) is 21.4 Å². The molecule has 0 fully saturated rings. The van der Waals surface area contributed by atoms with Crippen LogP contribution in [0.3, 0.4) is 0 Å². The van der Waals surface area contributed by atoms with Crippen molar-refractivity contribution in [2.24, 2.45) is 0 Å². The van der Waals surface area contributed by atoms with Gasteiger partial charge in [0, 0.05) is 12.6 Å². The van der Waals surface area contributed by atoms with E-state index in [-0.39, 0.29) is 37.3 Å². The van der Waals surface area contributed by atoms with Gasteiger partial charge in [0.25, 0.3) is 0 Å². The first kappa shape index (κ1) is 23.5. The number of hydrogen-bond acceptors (Lipinski definition) is 4. The topological polar surface area (TPSA) is 84.5 Å². The van der Waals surface area contributed by atoms with Crippen LogP contribution in [-0.4, -0.2) is 27.0 Å². The van der Waals surface area contributed by atoms with Crippen LogP contribution in [0.1, 0.15) is 31.4 Å². The van der Waals surface area contributed by atoms with Gasteiger partial charge < -0.3 is 10.1 Å². The van der Waals surface area contributed by atoms with Gasteiger partial charge in [0.1, 0.15) is 10.8 Å². The van der Waals surface area contributed by atoms with Gasteiger partial charge in [0.05, 0.1) is 23.8 Å². The van der Waals surface area contributed by atoms with Crippen molar-refractivity contribution in [3.8, 4) is 5.75 Å². The largest absolute Gasteiger partial charge is 0.491 e. The summed E-state index contributed by atoms with van der Waals surface area (Å²) in [5, 5.41) is 3.47. The van der Waals surface area contributed by atoms with Gasteiger partial charge in [0.15, 0.2) is 0 Å². The van der Waals surface area contributed by atoms with E-state index in [9.17, 15) is 13.2 Å². The maximum Gasteiger partial charge on any atom is 0.223 e. The maximum absolute atomic E-state index is 12.2. The maximum atomic E-state index is 12.2. The normalized spacial score (nSPS) is 11.5. The number of hydrogen-bond donors (Lipinski definition) is 2. The number of carbonyl (C=O) groups is 1. The van der Waals surface area contributed by atoms with E-state index in [0.717, 1.165) is 5.56 Å². The minimum absolute atomic E-state index is 0.123. The number of halogens is 2. The average Bonchev–Trinajstić information content (AvgIpc) is 2.63. The van der Waals surface area contributed by atoms with Crippen LogP contribution in [0.15, 0.2) is 42.5 Å². The summed E-state index contributed by atoms with van der Waals surface area (Å²) in [5.74, 6) is 0.0504. The van der Waals surface area contributed by atoms with Crippen molar-refractivity contribution >= 4 is 39.1 Å². The number of benzene rings is 2. The van der Waals surface area contributed by atoms with Crippen LogP contribution in [0, 0.1) is 0 Å². The lowest BCUT2D eigenvalue weighted by molar-refractivity contribution is -0.121. The molecule has 0 atom stereocenters. The second-order valence-corrected chi connectivity index (χ2v) is 9.27. The van der Waals surface area contributed by atoms with E-state index in [4.69, 9.17) is 27.9 Å². The number of amides is 1. The van der Waals surface area contributed by atoms with Crippen molar-refractivity contribution in [3.63, 3.8) is 0 Å². The SMILES string of the molecule is CC(C)NS(=O)(=O)Cc1ccccc1CNC(=O)CCOc1cccc(Cl)c1Cl. The van der Waals surface area contributed by atoms with Crippen molar-refractivity contribution < 1.29 is 17.9 Å². The molecule has 0 unspecified atom stereocenters. The van der Waals surface area contributed by atoms with E-state index < -0.39 is 10.0 Å². The minimum atomic E-state index is -3.45. The first-order valence-electron chi connectivity index (χ1n) is 9.08. The highest BCUT2D eigenvalue weighted by Crippen LogP contribution is 2.31. The van der Waals surface area contributed by atoms with Crippen LogP contribution in [0.2, 0.25) is 10.0 Å². The van der Waals surface area contributed by atoms with E-state index in [2.05, 4.69) is 10.0 Å². The third kappa shape index (κ3) is 7.85. The molecule has 2 aromatic carbocycles. The standard InChI is InChI=1S/C20H24Cl2N2O4S/c1-14(2)24-29(26,27)13-16-7-4-3-6-15(16)12-23-19(25)10-11-28-18-9-5-8-17(21)20(18)22/h3-9,14,24H,10-13H2,1-2H3,(H,23,25). The molecular formula is C20H24Cl2N2O4S. The Labute approximate surface area is 181 Å². The molecule has 0 aliphatic rings. The molecule has 9 heteroatoms. The molecule has 0 spiro atoms. The highest BCUT2D eigenvalue weighted by Gasteiger charge is 2.15. The zero-order valence-corrected chi connectivity index (χ0v) is 18.6. The monoisotopic (exact) mass is 458 g/mol. The Kier molecular flexibility index (Phi) is 8.77. The van der Waals surface area contributed by atoms with Crippen molar-refractivity contribution in [3.05, 3.63) is 63.6 Å². The highest BCUT2D eigenvalue weighted by molar-refractivity contribution is 7.88. The quantitative estimate of drug-likeness (QED) is 0.565. The summed E-state index contributed by atoms with van der Waals surface area (Å²) in [6.45, 7) is 3.90. The predicted octanol–water partition coefficient (Wildman–Crippen LogP) is 3.91. The molecule has 0 aliphatic carbocycles. The molecular weight excluding hydrogens is 435 g/mol. The lowest BCUT2D eigenvalue weighted by Crippen LogP contribution is -2.32. The Morgan fingerprint density at radius 1 is 1.07 bits per heavy atom. The van der Waals surface area contributed by atoms with Gasteiger partial charge in [-0.15, -0.1) is 0 Å². The second-order valence-electron chi connectivity index (χ2n) is 6.73. The molecule has 6 nitrogen and oxygen atoms in total. The fourth-order valence-corrected chi connectivity index (χ4v) is 4.45. The van der Waals surface area contributed by atoms with Gasteiger partial charge in [-0.25, -0.2) is 13.1 Å². The van der Waals surface area contributed by atoms with Gasteiger partial charge >= 0.3 is 0 Å². The smallest absolute Gasteiger partial charge is 0.223 e. The summed E-state index contributed by atoms with van der Waals surface area (Å²) >= 11 is 12.0. The number of nitrogens with one attached hydrogen (secondary N) is 2. The summed E-state index contributed by atoms with van der Waals surface area (Å²) in [4.78, 5) is 12.1. The second kappa shape index (κ2) is 10.8. The lowest BCUT2D eigenvalue weighted by Gasteiger charge is -2.13. The molecule has 2 rings (SSSR count). The lowest BCUT2D eigenvalue weighted by atomic mass is 10.1. The summed E-state index contributed by atoms with van der Waals surface area (Å²) < 4.78 is 32.4. The summed E-state index contributed by atoms with van der Waals surface area (Å²) in [6, 6.07) is 12.0. The molecule has 0 aliphatic heterocycles. The summed E-state index contributed by atoms with van der Waals surface area (Å²) in [5.41, 5.74) is 1.39. The first-order valence-corrected chi connectivity index (χ1v) is 11.5. The molecule has 0 saturated carbocycles. The van der Waals surface area contributed by atoms with Crippen LogP contribution in [0.25, 0.3) is 0 Å². The van der Waals surface area contributed by atoms with E-state index in [1.54, 1.807) is 56.3 Å². The molecule has 0 heterocycles. The number of sulfonamides is 1. The Hall–Kier alpha value is -1.80. The minimum Gasteiger partial charge on any atom is -0.491 e. The zero-order chi connectivity index (χ0) is 21.4. The Morgan fingerprint density at radius 2 is 1.76 bits per heavy atom. The van der Waals surface area contributed by atoms with Crippen molar-refractivity contribution in [1.82, 2.24) is 10.0 Å².